The van der Waals surface area contributed by atoms with E-state index in [1.54, 1.807) is 0 Å². The Hall–Kier alpha value is -1.22. The minimum absolute atomic E-state index is 0.725. The summed E-state index contributed by atoms with van der Waals surface area (Å²) in [6, 6.07) is 7.70. The maximum atomic E-state index is 5.85. The minimum Gasteiger partial charge on any atom is -0.491 e. The van der Waals surface area contributed by atoms with Gasteiger partial charge in [-0.1, -0.05) is 31.4 Å². The molecule has 1 fully saturated rings. The number of nitrogen functional groups attached to an aromatic ring is 1. The molecule has 0 atom stereocenters. The number of nitrogens with two attached hydrogens (primary N) is 1. The molecule has 0 radical (unpaired) electrons. The van der Waals surface area contributed by atoms with Crippen molar-refractivity contribution < 1.29 is 4.74 Å². The highest BCUT2D eigenvalue weighted by Crippen LogP contribution is 2.24. The predicted octanol–water partition coefficient (Wildman–Crippen LogP) is 3.55. The van der Waals surface area contributed by atoms with Gasteiger partial charge in [-0.3, -0.25) is 0 Å². The van der Waals surface area contributed by atoms with Crippen molar-refractivity contribution >= 4 is 5.69 Å². The lowest BCUT2D eigenvalue weighted by atomic mass is 9.89. The van der Waals surface area contributed by atoms with Crippen LogP contribution in [-0.2, 0) is 0 Å². The molecule has 0 aliphatic heterocycles. The molecule has 3 nitrogen and oxygen atoms in total. The van der Waals surface area contributed by atoms with Crippen LogP contribution in [0.25, 0.3) is 0 Å². The maximum absolute atomic E-state index is 5.85. The predicted molar refractivity (Wildman–Crippen MR) is 85.0 cm³/mol. The summed E-state index contributed by atoms with van der Waals surface area (Å²) >= 11 is 0. The van der Waals surface area contributed by atoms with Gasteiger partial charge in [0.2, 0.25) is 0 Å². The monoisotopic (exact) mass is 276 g/mol. The van der Waals surface area contributed by atoms with Gasteiger partial charge in [0.25, 0.3) is 0 Å². The number of anilines is 1. The first-order chi connectivity index (χ1) is 9.75. The van der Waals surface area contributed by atoms with E-state index in [0.29, 0.717) is 0 Å². The zero-order valence-electron chi connectivity index (χ0n) is 12.7. The third-order valence-corrected chi connectivity index (χ3v) is 4.16. The molecule has 0 aromatic heterocycles. The van der Waals surface area contributed by atoms with Crippen LogP contribution in [0.3, 0.4) is 0 Å². The first-order valence-electron chi connectivity index (χ1n) is 7.91. The number of hydrogen-bond donors (Lipinski definition) is 1. The molecular formula is C17H28N2O. The number of para-hydroxylation sites is 2. The lowest BCUT2D eigenvalue weighted by Crippen LogP contribution is -2.28. The first-order valence-corrected chi connectivity index (χ1v) is 7.91. The Balaban J connectivity index is 1.59. The summed E-state index contributed by atoms with van der Waals surface area (Å²) in [7, 11) is 2.23. The van der Waals surface area contributed by atoms with E-state index < -0.39 is 0 Å². The Kier molecular flexibility index (Phi) is 6.19. The van der Waals surface area contributed by atoms with Gasteiger partial charge in [-0.25, -0.2) is 0 Å². The van der Waals surface area contributed by atoms with Crippen LogP contribution in [0.2, 0.25) is 0 Å². The number of ether oxygens (including phenoxy) is 1. The molecule has 0 amide bonds. The molecule has 1 saturated carbocycles. The Bertz CT molecular complexity index is 388. The van der Waals surface area contributed by atoms with E-state index in [9.17, 15) is 0 Å². The van der Waals surface area contributed by atoms with Crippen LogP contribution in [0.15, 0.2) is 24.3 Å². The summed E-state index contributed by atoms with van der Waals surface area (Å²) in [6.45, 7) is 3.08. The summed E-state index contributed by atoms with van der Waals surface area (Å²) in [4.78, 5) is 2.45. The number of benzene rings is 1. The fraction of sp³-hybridized carbons (Fsp3) is 0.647. The van der Waals surface area contributed by atoms with Gasteiger partial charge in [-0.15, -0.1) is 0 Å². The second-order valence-electron chi connectivity index (χ2n) is 6.01. The molecule has 0 bridgehead atoms. The van der Waals surface area contributed by atoms with Gasteiger partial charge in [0.15, 0.2) is 0 Å². The van der Waals surface area contributed by atoms with Crippen molar-refractivity contribution in [3.8, 4) is 5.75 Å². The molecule has 20 heavy (non-hydrogen) atoms. The molecular weight excluding hydrogens is 248 g/mol. The highest BCUT2D eigenvalue weighted by molar-refractivity contribution is 5.51. The van der Waals surface area contributed by atoms with Crippen molar-refractivity contribution in [1.29, 1.82) is 0 Å². The Morgan fingerprint density at radius 1 is 1.20 bits per heavy atom. The second kappa shape index (κ2) is 8.15. The summed E-state index contributed by atoms with van der Waals surface area (Å²) in [5.74, 6) is 1.72. The van der Waals surface area contributed by atoms with E-state index in [1.165, 1.54) is 38.6 Å². The topological polar surface area (TPSA) is 38.5 Å². The molecule has 112 valence electrons. The molecule has 1 aromatic rings. The zero-order valence-corrected chi connectivity index (χ0v) is 12.7. The summed E-state index contributed by atoms with van der Waals surface area (Å²) in [5.41, 5.74) is 6.58. The largest absolute Gasteiger partial charge is 0.491 e. The van der Waals surface area contributed by atoms with E-state index in [1.807, 2.05) is 24.3 Å². The molecule has 3 heteroatoms. The van der Waals surface area contributed by atoms with E-state index in [-0.39, 0.29) is 0 Å². The van der Waals surface area contributed by atoms with Crippen molar-refractivity contribution in [3.63, 3.8) is 0 Å². The Labute approximate surface area is 123 Å². The van der Waals surface area contributed by atoms with E-state index in [0.717, 1.165) is 36.9 Å². The smallest absolute Gasteiger partial charge is 0.142 e. The van der Waals surface area contributed by atoms with Crippen molar-refractivity contribution in [3.05, 3.63) is 24.3 Å². The molecule has 2 rings (SSSR count). The molecule has 0 spiro atoms. The SMILES string of the molecule is CN(CCCOc1ccccc1N)CC1CCCCC1. The van der Waals surface area contributed by atoms with Crippen LogP contribution in [0.4, 0.5) is 5.69 Å². The molecule has 1 aliphatic carbocycles. The Morgan fingerprint density at radius 2 is 1.95 bits per heavy atom. The molecule has 2 N–H and O–H groups in total. The average molecular weight is 276 g/mol. The third-order valence-electron chi connectivity index (χ3n) is 4.16. The first kappa shape index (κ1) is 15.2. The van der Waals surface area contributed by atoms with Gasteiger partial charge >= 0.3 is 0 Å². The van der Waals surface area contributed by atoms with Crippen LogP contribution in [0, 0.1) is 5.92 Å². The highest BCUT2D eigenvalue weighted by atomic mass is 16.5. The number of nitrogens with zero attached hydrogens (tertiary/aromatic N) is 1. The standard InChI is InChI=1S/C17H28N2O/c1-19(14-15-8-3-2-4-9-15)12-7-13-20-17-11-6-5-10-16(17)18/h5-6,10-11,15H,2-4,7-9,12-14,18H2,1H3. The molecule has 0 saturated heterocycles. The van der Waals surface area contributed by atoms with Gasteiger partial charge in [-0.05, 0) is 44.4 Å². The van der Waals surface area contributed by atoms with Crippen LogP contribution >= 0.6 is 0 Å². The minimum atomic E-state index is 0.725. The molecule has 1 aromatic carbocycles. The summed E-state index contributed by atoms with van der Waals surface area (Å²) in [5, 5.41) is 0. The zero-order chi connectivity index (χ0) is 14.2. The number of rotatable bonds is 7. The van der Waals surface area contributed by atoms with Crippen LogP contribution in [0.1, 0.15) is 38.5 Å². The Morgan fingerprint density at radius 3 is 2.70 bits per heavy atom. The molecule has 1 aliphatic rings. The van der Waals surface area contributed by atoms with E-state index >= 15 is 0 Å². The summed E-state index contributed by atoms with van der Waals surface area (Å²) < 4.78 is 5.73. The highest BCUT2D eigenvalue weighted by Gasteiger charge is 2.14. The van der Waals surface area contributed by atoms with Gasteiger partial charge < -0.3 is 15.4 Å². The lowest BCUT2D eigenvalue weighted by Gasteiger charge is -2.26. The van der Waals surface area contributed by atoms with Crippen molar-refractivity contribution in [2.24, 2.45) is 5.92 Å². The fourth-order valence-corrected chi connectivity index (χ4v) is 3.03. The van der Waals surface area contributed by atoms with Gasteiger partial charge in [0.1, 0.15) is 5.75 Å². The number of hydrogen-bond acceptors (Lipinski definition) is 3. The normalized spacial score (nSPS) is 16.5. The van der Waals surface area contributed by atoms with Crippen LogP contribution < -0.4 is 10.5 Å². The lowest BCUT2D eigenvalue weighted by molar-refractivity contribution is 0.214. The molecule has 0 unspecified atom stereocenters. The van der Waals surface area contributed by atoms with Crippen LogP contribution in [-0.4, -0.2) is 31.6 Å². The molecule has 0 heterocycles. The quantitative estimate of drug-likeness (QED) is 0.611. The van der Waals surface area contributed by atoms with Gasteiger partial charge in [0, 0.05) is 13.1 Å². The van der Waals surface area contributed by atoms with E-state index in [4.69, 9.17) is 10.5 Å². The second-order valence-corrected chi connectivity index (χ2v) is 6.01. The van der Waals surface area contributed by atoms with Crippen LogP contribution in [0.5, 0.6) is 5.75 Å². The van der Waals surface area contributed by atoms with Crippen molar-refractivity contribution in [1.82, 2.24) is 4.90 Å². The fourth-order valence-electron chi connectivity index (χ4n) is 3.03. The van der Waals surface area contributed by atoms with E-state index in [2.05, 4.69) is 11.9 Å². The maximum Gasteiger partial charge on any atom is 0.142 e. The average Bonchev–Trinajstić information content (AvgIpc) is 2.46. The summed E-state index contributed by atoms with van der Waals surface area (Å²) in [6.07, 6.45) is 8.18. The van der Waals surface area contributed by atoms with Crippen molar-refractivity contribution in [2.45, 2.75) is 38.5 Å². The van der Waals surface area contributed by atoms with Gasteiger partial charge in [-0.2, -0.15) is 0 Å². The van der Waals surface area contributed by atoms with Gasteiger partial charge in [0.05, 0.1) is 12.3 Å². The third kappa shape index (κ3) is 5.04. The van der Waals surface area contributed by atoms with Crippen molar-refractivity contribution in [2.75, 3.05) is 32.5 Å².